The first-order valence-corrected chi connectivity index (χ1v) is 9.48. The summed E-state index contributed by atoms with van der Waals surface area (Å²) in [5.41, 5.74) is 0.870. The summed E-state index contributed by atoms with van der Waals surface area (Å²) in [7, 11) is 0. The number of benzene rings is 2. The van der Waals surface area contributed by atoms with Crippen molar-refractivity contribution in [3.8, 4) is 23.8 Å². The van der Waals surface area contributed by atoms with Crippen LogP contribution in [0.25, 0.3) is 10.2 Å². The highest BCUT2D eigenvalue weighted by atomic mass is 32.1. The number of amides is 1. The molecule has 0 aliphatic heterocycles. The van der Waals surface area contributed by atoms with Crippen molar-refractivity contribution in [2.45, 2.75) is 19.9 Å². The summed E-state index contributed by atoms with van der Waals surface area (Å²) in [6, 6.07) is 15.2. The van der Waals surface area contributed by atoms with Gasteiger partial charge in [0, 0.05) is 0 Å². The van der Waals surface area contributed by atoms with Crippen molar-refractivity contribution >= 4 is 27.5 Å². The molecule has 27 heavy (non-hydrogen) atoms. The minimum Gasteiger partial charge on any atom is -0.493 e. The molecule has 6 heteroatoms. The van der Waals surface area contributed by atoms with Crippen LogP contribution in [0.3, 0.4) is 0 Å². The highest BCUT2D eigenvalue weighted by molar-refractivity contribution is 7.16. The Hall–Kier alpha value is -3.04. The fraction of sp³-hybridized carbons (Fsp3) is 0.238. The molecule has 0 N–H and O–H groups in total. The normalized spacial score (nSPS) is 11.3. The van der Waals surface area contributed by atoms with Gasteiger partial charge in [0.15, 0.2) is 4.80 Å². The Bertz CT molecular complexity index is 1030. The largest absolute Gasteiger partial charge is 0.493 e. The average molecular weight is 380 g/mol. The van der Waals surface area contributed by atoms with Crippen LogP contribution in [0.2, 0.25) is 0 Å². The summed E-state index contributed by atoms with van der Waals surface area (Å²) >= 11 is 1.42. The zero-order valence-corrected chi connectivity index (χ0v) is 15.9. The molecule has 138 valence electrons. The number of fused-ring (bicyclic) bond motifs is 1. The number of nitrogens with zero attached hydrogens (tertiary/aromatic N) is 2. The first kappa shape index (κ1) is 18.7. The fourth-order valence-corrected chi connectivity index (χ4v) is 3.69. The third kappa shape index (κ3) is 4.57. The number of hydrogen-bond acceptors (Lipinski definition) is 4. The van der Waals surface area contributed by atoms with E-state index in [9.17, 15) is 4.79 Å². The topological polar surface area (TPSA) is 52.8 Å². The zero-order chi connectivity index (χ0) is 19.1. The highest BCUT2D eigenvalue weighted by Crippen LogP contribution is 2.27. The van der Waals surface area contributed by atoms with Crippen LogP contribution < -0.4 is 14.3 Å². The lowest BCUT2D eigenvalue weighted by Gasteiger charge is -2.07. The van der Waals surface area contributed by atoms with Crippen LogP contribution >= 0.6 is 11.3 Å². The molecule has 1 heterocycles. The molecule has 0 saturated carbocycles. The van der Waals surface area contributed by atoms with Gasteiger partial charge in [0.05, 0.1) is 30.9 Å². The van der Waals surface area contributed by atoms with Crippen molar-refractivity contribution in [2.24, 2.45) is 4.99 Å². The second kappa shape index (κ2) is 9.06. The number of rotatable bonds is 7. The van der Waals surface area contributed by atoms with E-state index in [-0.39, 0.29) is 18.9 Å². The van der Waals surface area contributed by atoms with E-state index in [0.717, 1.165) is 21.7 Å². The molecule has 0 radical (unpaired) electrons. The Kier molecular flexibility index (Phi) is 6.29. The van der Waals surface area contributed by atoms with E-state index in [4.69, 9.17) is 15.9 Å². The van der Waals surface area contributed by atoms with Crippen LogP contribution in [0.4, 0.5) is 0 Å². The second-order valence-corrected chi connectivity index (χ2v) is 6.64. The number of carbonyl (C=O) groups excluding carboxylic acids is 1. The lowest BCUT2D eigenvalue weighted by Crippen LogP contribution is -2.17. The molecular weight excluding hydrogens is 360 g/mol. The Morgan fingerprint density at radius 3 is 2.74 bits per heavy atom. The van der Waals surface area contributed by atoms with Gasteiger partial charge in [-0.3, -0.25) is 4.79 Å². The number of thiazole rings is 1. The van der Waals surface area contributed by atoms with Crippen LogP contribution in [-0.2, 0) is 11.3 Å². The summed E-state index contributed by atoms with van der Waals surface area (Å²) in [4.78, 5) is 17.1. The van der Waals surface area contributed by atoms with E-state index >= 15 is 0 Å². The van der Waals surface area contributed by atoms with Crippen molar-refractivity contribution in [1.82, 2.24) is 4.57 Å². The van der Waals surface area contributed by atoms with Gasteiger partial charge in [-0.05, 0) is 31.2 Å². The number of terminal acetylenes is 1. The molecule has 0 bridgehead atoms. The number of para-hydroxylation sites is 2. The molecule has 0 aliphatic carbocycles. The predicted octanol–water partition coefficient (Wildman–Crippen LogP) is 3.63. The first-order chi connectivity index (χ1) is 13.2. The summed E-state index contributed by atoms with van der Waals surface area (Å²) in [6.07, 6.45) is 5.72. The molecular formula is C21H20N2O3S. The van der Waals surface area contributed by atoms with Crippen LogP contribution in [0.5, 0.6) is 11.5 Å². The van der Waals surface area contributed by atoms with Gasteiger partial charge in [0.1, 0.15) is 17.0 Å². The van der Waals surface area contributed by atoms with Crippen molar-refractivity contribution in [3.63, 3.8) is 0 Å². The Morgan fingerprint density at radius 1 is 1.19 bits per heavy atom. The number of carbonyl (C=O) groups is 1. The smallest absolute Gasteiger partial charge is 0.251 e. The van der Waals surface area contributed by atoms with Gasteiger partial charge < -0.3 is 14.0 Å². The lowest BCUT2D eigenvalue weighted by molar-refractivity contribution is -0.118. The Morgan fingerprint density at radius 2 is 2.00 bits per heavy atom. The van der Waals surface area contributed by atoms with Gasteiger partial charge in [0.2, 0.25) is 0 Å². The maximum absolute atomic E-state index is 12.3. The van der Waals surface area contributed by atoms with Crippen LogP contribution in [-0.4, -0.2) is 23.7 Å². The number of hydrogen-bond donors (Lipinski definition) is 0. The molecule has 2 aromatic carbocycles. The zero-order valence-electron chi connectivity index (χ0n) is 15.1. The van der Waals surface area contributed by atoms with E-state index < -0.39 is 0 Å². The van der Waals surface area contributed by atoms with E-state index in [1.807, 2.05) is 60.0 Å². The minimum atomic E-state index is -0.249. The number of ether oxygens (including phenoxy) is 2. The molecule has 0 aliphatic rings. The maximum Gasteiger partial charge on any atom is 0.251 e. The van der Waals surface area contributed by atoms with Gasteiger partial charge in [-0.15, -0.1) is 6.42 Å². The fourth-order valence-electron chi connectivity index (χ4n) is 2.63. The van der Waals surface area contributed by atoms with Crippen molar-refractivity contribution in [1.29, 1.82) is 0 Å². The summed E-state index contributed by atoms with van der Waals surface area (Å²) < 4.78 is 14.1. The molecule has 0 atom stereocenters. The first-order valence-electron chi connectivity index (χ1n) is 8.67. The van der Waals surface area contributed by atoms with Gasteiger partial charge in [-0.1, -0.05) is 41.5 Å². The van der Waals surface area contributed by atoms with Gasteiger partial charge >= 0.3 is 0 Å². The SMILES string of the molecule is C#CCn1c(=NC(=O)CCOc2ccccc2)sc2cccc(OCC)c21. The van der Waals surface area contributed by atoms with Crippen molar-refractivity contribution in [2.75, 3.05) is 13.2 Å². The quantitative estimate of drug-likeness (QED) is 0.588. The van der Waals surface area contributed by atoms with Gasteiger partial charge in [-0.2, -0.15) is 4.99 Å². The highest BCUT2D eigenvalue weighted by Gasteiger charge is 2.12. The Balaban J connectivity index is 1.84. The monoisotopic (exact) mass is 380 g/mol. The standard InChI is InChI=1S/C21H20N2O3S/c1-3-14-23-20-17(25-4-2)11-8-12-18(20)27-21(23)22-19(24)13-15-26-16-9-6-5-7-10-16/h1,5-12H,4,13-15H2,2H3. The van der Waals surface area contributed by atoms with Crippen molar-refractivity contribution < 1.29 is 14.3 Å². The molecule has 5 nitrogen and oxygen atoms in total. The molecule has 0 saturated heterocycles. The third-order valence-corrected chi connectivity index (χ3v) is 4.81. The average Bonchev–Trinajstić information content (AvgIpc) is 3.01. The van der Waals surface area contributed by atoms with Crippen LogP contribution in [0.15, 0.2) is 53.5 Å². The van der Waals surface area contributed by atoms with Gasteiger partial charge in [0.25, 0.3) is 5.91 Å². The van der Waals surface area contributed by atoms with E-state index in [2.05, 4.69) is 10.9 Å². The molecule has 1 amide bonds. The summed E-state index contributed by atoms with van der Waals surface area (Å²) in [6.45, 7) is 3.07. The minimum absolute atomic E-state index is 0.192. The van der Waals surface area contributed by atoms with Crippen LogP contribution in [0, 0.1) is 12.3 Å². The van der Waals surface area contributed by atoms with Gasteiger partial charge in [-0.25, -0.2) is 0 Å². The van der Waals surface area contributed by atoms with E-state index in [1.54, 1.807) is 0 Å². The number of aromatic nitrogens is 1. The Labute approximate surface area is 161 Å². The molecule has 0 spiro atoms. The lowest BCUT2D eigenvalue weighted by atomic mass is 10.3. The second-order valence-electron chi connectivity index (χ2n) is 5.63. The third-order valence-electron chi connectivity index (χ3n) is 3.76. The van der Waals surface area contributed by atoms with Crippen LogP contribution in [0.1, 0.15) is 13.3 Å². The van der Waals surface area contributed by atoms with Crippen molar-refractivity contribution in [3.05, 3.63) is 53.3 Å². The molecule has 0 fully saturated rings. The van der Waals surface area contributed by atoms with E-state index in [1.165, 1.54) is 11.3 Å². The summed E-state index contributed by atoms with van der Waals surface area (Å²) in [5.74, 6) is 3.85. The van der Waals surface area contributed by atoms with E-state index in [0.29, 0.717) is 18.0 Å². The maximum atomic E-state index is 12.3. The summed E-state index contributed by atoms with van der Waals surface area (Å²) in [5, 5.41) is 0. The molecule has 1 aromatic heterocycles. The molecule has 3 rings (SSSR count). The predicted molar refractivity (Wildman–Crippen MR) is 107 cm³/mol. The molecule has 0 unspecified atom stereocenters. The molecule has 3 aromatic rings.